The summed E-state index contributed by atoms with van der Waals surface area (Å²) in [7, 11) is 1.65. The fourth-order valence-electron chi connectivity index (χ4n) is 1.36. The van der Waals surface area contributed by atoms with Gasteiger partial charge in [-0.05, 0) is 29.2 Å². The molecule has 1 heterocycles. The molecule has 2 rings (SSSR count). The van der Waals surface area contributed by atoms with Crippen molar-refractivity contribution in [1.29, 1.82) is 0 Å². The van der Waals surface area contributed by atoms with Crippen LogP contribution >= 0.6 is 23.3 Å². The number of nitrogens with two attached hydrogens (primary N) is 1. The Balaban J connectivity index is 1.96. The summed E-state index contributed by atoms with van der Waals surface area (Å²) >= 11 is 3.01. The largest absolute Gasteiger partial charge is 0.497 e. The highest BCUT2D eigenvalue weighted by Gasteiger charge is 2.08. The van der Waals surface area contributed by atoms with Crippen LogP contribution in [-0.4, -0.2) is 22.2 Å². The molecule has 0 fully saturated rings. The van der Waals surface area contributed by atoms with Crippen LogP contribution in [0.4, 0.5) is 0 Å². The van der Waals surface area contributed by atoms with Crippen molar-refractivity contribution in [2.24, 2.45) is 5.73 Å². The second-order valence-electron chi connectivity index (χ2n) is 3.40. The summed E-state index contributed by atoms with van der Waals surface area (Å²) in [5.41, 5.74) is 7.19. The average Bonchev–Trinajstić information content (AvgIpc) is 2.89. The maximum Gasteiger partial charge on any atom is 0.169 e. The van der Waals surface area contributed by atoms with Crippen LogP contribution in [0.1, 0.15) is 11.6 Å². The van der Waals surface area contributed by atoms with Gasteiger partial charge in [-0.1, -0.05) is 23.9 Å². The van der Waals surface area contributed by atoms with Crippen molar-refractivity contribution in [3.8, 4) is 5.75 Å². The van der Waals surface area contributed by atoms with Crippen molar-refractivity contribution >= 4 is 23.3 Å². The van der Waals surface area contributed by atoms with Gasteiger partial charge in [-0.2, -0.15) is 4.37 Å². The molecule has 6 heteroatoms. The molecule has 0 saturated heterocycles. The summed E-state index contributed by atoms with van der Waals surface area (Å²) in [5.74, 6) is 1.61. The third-order valence-corrected chi connectivity index (χ3v) is 4.17. The summed E-state index contributed by atoms with van der Waals surface area (Å²) in [5, 5.41) is 0. The minimum absolute atomic E-state index is 0.0287. The normalized spacial score (nSPS) is 12.4. The molecule has 0 amide bonds. The van der Waals surface area contributed by atoms with E-state index in [1.54, 1.807) is 25.2 Å². The number of nitrogens with zero attached hydrogens (tertiary/aromatic N) is 2. The van der Waals surface area contributed by atoms with Crippen LogP contribution in [0.15, 0.2) is 34.9 Å². The van der Waals surface area contributed by atoms with Gasteiger partial charge >= 0.3 is 0 Å². The molecule has 1 aromatic carbocycles. The molecular weight excluding hydrogens is 254 g/mol. The quantitative estimate of drug-likeness (QED) is 0.843. The minimum atomic E-state index is -0.0287. The number of aromatic nitrogens is 2. The van der Waals surface area contributed by atoms with Crippen LogP contribution in [0.2, 0.25) is 0 Å². The van der Waals surface area contributed by atoms with Crippen LogP contribution in [0.5, 0.6) is 5.75 Å². The number of hydrogen-bond donors (Lipinski definition) is 1. The summed E-state index contributed by atoms with van der Waals surface area (Å²) in [6, 6.07) is 7.80. The van der Waals surface area contributed by atoms with Crippen LogP contribution < -0.4 is 10.5 Å². The molecule has 0 saturated carbocycles. The van der Waals surface area contributed by atoms with E-state index in [9.17, 15) is 0 Å². The molecule has 0 bridgehead atoms. The maximum atomic E-state index is 6.12. The molecule has 0 aliphatic heterocycles. The average molecular weight is 267 g/mol. The monoisotopic (exact) mass is 267 g/mol. The first-order chi connectivity index (χ1) is 8.29. The summed E-state index contributed by atoms with van der Waals surface area (Å²) < 4.78 is 10.1. The molecule has 2 aromatic rings. The predicted molar refractivity (Wildman–Crippen MR) is 70.6 cm³/mol. The number of hydrogen-bond acceptors (Lipinski definition) is 6. The highest BCUT2D eigenvalue weighted by Crippen LogP contribution is 2.25. The lowest BCUT2D eigenvalue weighted by Crippen LogP contribution is -2.12. The number of benzene rings is 1. The Kier molecular flexibility index (Phi) is 4.36. The fraction of sp³-hybridized carbons (Fsp3) is 0.273. The molecule has 1 unspecified atom stereocenters. The van der Waals surface area contributed by atoms with Crippen LogP contribution in [0.3, 0.4) is 0 Å². The molecule has 1 atom stereocenters. The molecule has 0 radical (unpaired) electrons. The van der Waals surface area contributed by atoms with E-state index in [4.69, 9.17) is 10.5 Å². The SMILES string of the molecule is COc1cccc(C(N)CSc2ncns2)c1. The molecule has 0 aliphatic carbocycles. The zero-order chi connectivity index (χ0) is 12.1. The Labute approximate surface area is 108 Å². The van der Waals surface area contributed by atoms with E-state index >= 15 is 0 Å². The Hall–Kier alpha value is -1.11. The predicted octanol–water partition coefficient (Wildman–Crippen LogP) is 2.34. The molecule has 17 heavy (non-hydrogen) atoms. The first-order valence-electron chi connectivity index (χ1n) is 5.08. The van der Waals surface area contributed by atoms with E-state index in [0.717, 1.165) is 21.4 Å². The smallest absolute Gasteiger partial charge is 0.169 e. The Morgan fingerprint density at radius 3 is 3.12 bits per heavy atom. The molecule has 2 N–H and O–H groups in total. The summed E-state index contributed by atoms with van der Waals surface area (Å²) in [6.07, 6.45) is 1.56. The van der Waals surface area contributed by atoms with Gasteiger partial charge in [0.05, 0.1) is 7.11 Å². The van der Waals surface area contributed by atoms with Gasteiger partial charge in [0.2, 0.25) is 0 Å². The molecule has 0 aliphatic rings. The van der Waals surface area contributed by atoms with Crippen LogP contribution in [0.25, 0.3) is 0 Å². The van der Waals surface area contributed by atoms with Crippen molar-refractivity contribution in [1.82, 2.24) is 9.36 Å². The minimum Gasteiger partial charge on any atom is -0.497 e. The van der Waals surface area contributed by atoms with Crippen molar-refractivity contribution in [3.05, 3.63) is 36.2 Å². The number of methoxy groups -OCH3 is 1. The van der Waals surface area contributed by atoms with Gasteiger partial charge in [0.15, 0.2) is 4.34 Å². The van der Waals surface area contributed by atoms with E-state index in [1.165, 1.54) is 11.5 Å². The fourth-order valence-corrected chi connectivity index (χ4v) is 2.82. The van der Waals surface area contributed by atoms with Gasteiger partial charge in [0.25, 0.3) is 0 Å². The molecule has 0 spiro atoms. The van der Waals surface area contributed by atoms with Gasteiger partial charge in [-0.3, -0.25) is 0 Å². The summed E-state index contributed by atoms with van der Waals surface area (Å²) in [6.45, 7) is 0. The second-order valence-corrected chi connectivity index (χ2v) is 5.45. The van der Waals surface area contributed by atoms with E-state index in [0.29, 0.717) is 0 Å². The van der Waals surface area contributed by atoms with E-state index in [1.807, 2.05) is 24.3 Å². The van der Waals surface area contributed by atoms with Crippen LogP contribution in [-0.2, 0) is 0 Å². The Bertz CT molecular complexity index is 461. The molecule has 4 nitrogen and oxygen atoms in total. The first kappa shape index (κ1) is 12.3. The highest BCUT2D eigenvalue weighted by atomic mass is 32.2. The van der Waals surface area contributed by atoms with Gasteiger partial charge in [-0.15, -0.1) is 0 Å². The lowest BCUT2D eigenvalue weighted by molar-refractivity contribution is 0.414. The van der Waals surface area contributed by atoms with Crippen molar-refractivity contribution in [2.75, 3.05) is 12.9 Å². The van der Waals surface area contributed by atoms with Gasteiger partial charge < -0.3 is 10.5 Å². The third kappa shape index (κ3) is 3.42. The van der Waals surface area contributed by atoms with E-state index in [-0.39, 0.29) is 6.04 Å². The van der Waals surface area contributed by atoms with Crippen molar-refractivity contribution in [3.63, 3.8) is 0 Å². The van der Waals surface area contributed by atoms with E-state index < -0.39 is 0 Å². The second kappa shape index (κ2) is 6.00. The molecule has 90 valence electrons. The van der Waals surface area contributed by atoms with Gasteiger partial charge in [-0.25, -0.2) is 4.98 Å². The van der Waals surface area contributed by atoms with Gasteiger partial charge in [0.1, 0.15) is 12.1 Å². The number of ether oxygens (including phenoxy) is 1. The zero-order valence-electron chi connectivity index (χ0n) is 9.37. The van der Waals surface area contributed by atoms with E-state index in [2.05, 4.69) is 9.36 Å². The summed E-state index contributed by atoms with van der Waals surface area (Å²) in [4.78, 5) is 4.11. The van der Waals surface area contributed by atoms with Crippen molar-refractivity contribution < 1.29 is 4.74 Å². The number of rotatable bonds is 5. The topological polar surface area (TPSA) is 61.0 Å². The molecule has 1 aromatic heterocycles. The van der Waals surface area contributed by atoms with Crippen molar-refractivity contribution in [2.45, 2.75) is 10.4 Å². The lowest BCUT2D eigenvalue weighted by atomic mass is 10.1. The van der Waals surface area contributed by atoms with Gasteiger partial charge in [0, 0.05) is 11.8 Å². The Morgan fingerprint density at radius 2 is 2.41 bits per heavy atom. The Morgan fingerprint density at radius 1 is 1.53 bits per heavy atom. The first-order valence-corrected chi connectivity index (χ1v) is 6.84. The maximum absolute atomic E-state index is 6.12. The highest BCUT2D eigenvalue weighted by molar-refractivity contribution is 8.00. The third-order valence-electron chi connectivity index (χ3n) is 2.25. The van der Waals surface area contributed by atoms with Crippen LogP contribution in [0, 0.1) is 0 Å². The standard InChI is InChI=1S/C11H13N3OS2/c1-15-9-4-2-3-8(5-9)10(12)6-16-11-13-7-14-17-11/h2-5,7,10H,6,12H2,1H3. The number of thioether (sulfide) groups is 1. The lowest BCUT2D eigenvalue weighted by Gasteiger charge is -2.11. The zero-order valence-corrected chi connectivity index (χ0v) is 11.0. The molecular formula is C11H13N3OS2.